The van der Waals surface area contributed by atoms with Gasteiger partial charge in [0.15, 0.2) is 0 Å². The molecule has 1 unspecified atom stereocenters. The number of hydrogen-bond acceptors (Lipinski definition) is 2. The Bertz CT molecular complexity index is 232. The Morgan fingerprint density at radius 3 is 2.85 bits per heavy atom. The molecule has 0 aliphatic carbocycles. The highest BCUT2D eigenvalue weighted by Crippen LogP contribution is 2.26. The maximum absolute atomic E-state index is 12.9. The lowest BCUT2D eigenvalue weighted by Gasteiger charge is -2.34. The van der Waals surface area contributed by atoms with E-state index < -0.39 is 18.4 Å². The van der Waals surface area contributed by atoms with Crippen LogP contribution in [0.4, 0.5) is 8.78 Å². The first-order chi connectivity index (χ1) is 6.03. The van der Waals surface area contributed by atoms with E-state index in [1.165, 1.54) is 4.90 Å². The molecule has 1 aliphatic heterocycles. The summed E-state index contributed by atoms with van der Waals surface area (Å²) in [5.41, 5.74) is 0. The minimum Gasteiger partial charge on any atom is -0.392 e. The van der Waals surface area contributed by atoms with E-state index in [0.29, 0.717) is 13.1 Å². The Morgan fingerprint density at radius 1 is 1.62 bits per heavy atom. The maximum atomic E-state index is 12.9. The summed E-state index contributed by atoms with van der Waals surface area (Å²) in [6, 6.07) is 0. The van der Waals surface area contributed by atoms with Crippen molar-refractivity contribution in [3.63, 3.8) is 0 Å². The van der Waals surface area contributed by atoms with E-state index in [-0.39, 0.29) is 6.54 Å². The Balaban J connectivity index is 2.51. The second kappa shape index (κ2) is 4.03. The maximum Gasteiger partial charge on any atom is 0.263 e. The first kappa shape index (κ1) is 10.4. The third kappa shape index (κ3) is 3.29. The summed E-state index contributed by atoms with van der Waals surface area (Å²) < 4.78 is 25.8. The Morgan fingerprint density at radius 2 is 2.31 bits per heavy atom. The predicted molar refractivity (Wildman–Crippen MR) is 45.5 cm³/mol. The van der Waals surface area contributed by atoms with E-state index in [1.54, 1.807) is 6.92 Å². The molecule has 74 valence electrons. The second-order valence-corrected chi connectivity index (χ2v) is 3.31. The molecule has 1 aliphatic rings. The van der Waals surface area contributed by atoms with E-state index in [1.807, 2.05) is 0 Å². The standard InChI is InChI=1S/C9H13F2NO/c1-2-3-4-12-6-8(13)5-9(10,11)7-12/h8,13H,4-7H2,1H3. The zero-order valence-electron chi connectivity index (χ0n) is 7.56. The molecule has 0 spiro atoms. The van der Waals surface area contributed by atoms with Gasteiger partial charge < -0.3 is 5.11 Å². The fourth-order valence-corrected chi connectivity index (χ4v) is 1.47. The van der Waals surface area contributed by atoms with Gasteiger partial charge in [-0.1, -0.05) is 5.92 Å². The zero-order valence-corrected chi connectivity index (χ0v) is 7.56. The van der Waals surface area contributed by atoms with Crippen molar-refractivity contribution in [2.24, 2.45) is 0 Å². The SMILES string of the molecule is CC#CCN1CC(O)CC(F)(F)C1. The molecule has 1 rings (SSSR count). The molecule has 0 radical (unpaired) electrons. The van der Waals surface area contributed by atoms with Crippen LogP contribution in [0, 0.1) is 11.8 Å². The number of nitrogens with zero attached hydrogens (tertiary/aromatic N) is 1. The first-order valence-corrected chi connectivity index (χ1v) is 4.21. The van der Waals surface area contributed by atoms with Crippen molar-refractivity contribution in [1.82, 2.24) is 4.90 Å². The van der Waals surface area contributed by atoms with Crippen molar-refractivity contribution in [2.45, 2.75) is 25.4 Å². The average molecular weight is 189 g/mol. The number of alkyl halides is 2. The summed E-state index contributed by atoms with van der Waals surface area (Å²) in [6.07, 6.45) is -1.36. The number of halogens is 2. The summed E-state index contributed by atoms with van der Waals surface area (Å²) in [4.78, 5) is 1.48. The summed E-state index contributed by atoms with van der Waals surface area (Å²) in [7, 11) is 0. The van der Waals surface area contributed by atoms with Crippen molar-refractivity contribution in [3.8, 4) is 11.8 Å². The van der Waals surface area contributed by atoms with Crippen LogP contribution < -0.4 is 0 Å². The molecule has 2 nitrogen and oxygen atoms in total. The molecule has 13 heavy (non-hydrogen) atoms. The highest BCUT2D eigenvalue weighted by Gasteiger charge is 2.39. The second-order valence-electron chi connectivity index (χ2n) is 3.31. The van der Waals surface area contributed by atoms with E-state index in [9.17, 15) is 8.78 Å². The topological polar surface area (TPSA) is 23.5 Å². The normalized spacial score (nSPS) is 27.8. The molecule has 0 bridgehead atoms. The molecule has 4 heteroatoms. The van der Waals surface area contributed by atoms with E-state index in [4.69, 9.17) is 5.11 Å². The summed E-state index contributed by atoms with van der Waals surface area (Å²) in [6.45, 7) is 1.98. The minimum absolute atomic E-state index is 0.293. The van der Waals surface area contributed by atoms with Gasteiger partial charge in [-0.15, -0.1) is 5.92 Å². The van der Waals surface area contributed by atoms with Gasteiger partial charge in [0.05, 0.1) is 19.2 Å². The van der Waals surface area contributed by atoms with E-state index in [2.05, 4.69) is 11.8 Å². The summed E-state index contributed by atoms with van der Waals surface area (Å²) in [5.74, 6) is 2.58. The largest absolute Gasteiger partial charge is 0.392 e. The predicted octanol–water partition coefficient (Wildman–Crippen LogP) is 0.712. The molecular weight excluding hydrogens is 176 g/mol. The van der Waals surface area contributed by atoms with Crippen LogP contribution in [0.5, 0.6) is 0 Å². The van der Waals surface area contributed by atoms with Gasteiger partial charge in [-0.3, -0.25) is 4.90 Å². The Hall–Kier alpha value is -0.660. The summed E-state index contributed by atoms with van der Waals surface area (Å²) in [5, 5.41) is 9.14. The van der Waals surface area contributed by atoms with Crippen LogP contribution in [0.25, 0.3) is 0 Å². The number of piperidine rings is 1. The zero-order chi connectivity index (χ0) is 9.90. The van der Waals surface area contributed by atoms with Crippen LogP contribution in [0.15, 0.2) is 0 Å². The summed E-state index contributed by atoms with van der Waals surface area (Å²) >= 11 is 0. The van der Waals surface area contributed by atoms with Gasteiger partial charge in [-0.25, -0.2) is 8.78 Å². The van der Waals surface area contributed by atoms with Crippen LogP contribution in [0.1, 0.15) is 13.3 Å². The van der Waals surface area contributed by atoms with Gasteiger partial charge in [0.2, 0.25) is 0 Å². The van der Waals surface area contributed by atoms with Gasteiger partial charge >= 0.3 is 0 Å². The van der Waals surface area contributed by atoms with Crippen molar-refractivity contribution in [1.29, 1.82) is 0 Å². The van der Waals surface area contributed by atoms with Gasteiger partial charge in [0, 0.05) is 13.0 Å². The molecule has 0 aromatic heterocycles. The number of hydrogen-bond donors (Lipinski definition) is 1. The fraction of sp³-hybridized carbons (Fsp3) is 0.778. The van der Waals surface area contributed by atoms with Gasteiger partial charge in [0.25, 0.3) is 5.92 Å². The van der Waals surface area contributed by atoms with Crippen LogP contribution in [-0.4, -0.2) is 41.7 Å². The molecule has 1 heterocycles. The van der Waals surface area contributed by atoms with Crippen molar-refractivity contribution >= 4 is 0 Å². The van der Waals surface area contributed by atoms with Crippen molar-refractivity contribution in [3.05, 3.63) is 0 Å². The number of rotatable bonds is 1. The van der Waals surface area contributed by atoms with Gasteiger partial charge in [-0.2, -0.15) is 0 Å². The molecule has 0 aromatic rings. The Labute approximate surface area is 76.5 Å². The number of likely N-dealkylation sites (tertiary alicyclic amines) is 1. The van der Waals surface area contributed by atoms with Crippen molar-refractivity contribution < 1.29 is 13.9 Å². The van der Waals surface area contributed by atoms with Gasteiger partial charge in [-0.05, 0) is 6.92 Å². The molecule has 0 aromatic carbocycles. The number of β-amino-alcohol motifs (C(OH)–C–C–N with tert-alkyl or cyclic N) is 1. The average Bonchev–Trinajstić information content (AvgIpc) is 1.97. The van der Waals surface area contributed by atoms with Crippen molar-refractivity contribution in [2.75, 3.05) is 19.6 Å². The van der Waals surface area contributed by atoms with Gasteiger partial charge in [0.1, 0.15) is 0 Å². The highest BCUT2D eigenvalue weighted by molar-refractivity contribution is 4.99. The molecular formula is C9H13F2NO. The lowest BCUT2D eigenvalue weighted by atomic mass is 10.1. The monoisotopic (exact) mass is 189 g/mol. The molecule has 0 saturated carbocycles. The smallest absolute Gasteiger partial charge is 0.263 e. The third-order valence-electron chi connectivity index (χ3n) is 1.94. The number of aliphatic hydroxyl groups is 1. The fourth-order valence-electron chi connectivity index (χ4n) is 1.47. The number of aliphatic hydroxyl groups excluding tert-OH is 1. The Kier molecular flexibility index (Phi) is 3.23. The molecule has 1 atom stereocenters. The minimum atomic E-state index is -2.77. The van der Waals surface area contributed by atoms with Crippen LogP contribution in [0.3, 0.4) is 0 Å². The lowest BCUT2D eigenvalue weighted by molar-refractivity contribution is -0.103. The molecule has 1 N–H and O–H groups in total. The lowest BCUT2D eigenvalue weighted by Crippen LogP contribution is -2.49. The molecule has 0 amide bonds. The highest BCUT2D eigenvalue weighted by atomic mass is 19.3. The van der Waals surface area contributed by atoms with E-state index in [0.717, 1.165) is 0 Å². The van der Waals surface area contributed by atoms with Crippen LogP contribution in [0.2, 0.25) is 0 Å². The first-order valence-electron chi connectivity index (χ1n) is 4.21. The van der Waals surface area contributed by atoms with Crippen LogP contribution >= 0.6 is 0 Å². The van der Waals surface area contributed by atoms with Crippen LogP contribution in [-0.2, 0) is 0 Å². The molecule has 1 fully saturated rings. The third-order valence-corrected chi connectivity index (χ3v) is 1.94. The van der Waals surface area contributed by atoms with E-state index >= 15 is 0 Å². The quantitative estimate of drug-likeness (QED) is 0.614. The molecule has 1 saturated heterocycles.